The Labute approximate surface area is 103 Å². The summed E-state index contributed by atoms with van der Waals surface area (Å²) in [6.45, 7) is 2.06. The molecule has 0 saturated carbocycles. The van der Waals surface area contributed by atoms with Crippen LogP contribution in [0.25, 0.3) is 0 Å². The quantitative estimate of drug-likeness (QED) is 0.870. The molecule has 0 aliphatic rings. The van der Waals surface area contributed by atoms with Crippen LogP contribution < -0.4 is 10.1 Å². The number of hydrogen-bond acceptors (Lipinski definition) is 3. The Kier molecular flexibility index (Phi) is 4.76. The maximum atomic E-state index is 10.6. The van der Waals surface area contributed by atoms with E-state index >= 15 is 0 Å². The van der Waals surface area contributed by atoms with Crippen molar-refractivity contribution < 1.29 is 14.6 Å². The smallest absolute Gasteiger partial charge is 0.320 e. The van der Waals surface area contributed by atoms with E-state index in [9.17, 15) is 4.79 Å². The summed E-state index contributed by atoms with van der Waals surface area (Å²) in [4.78, 5) is 10.6. The van der Waals surface area contributed by atoms with Gasteiger partial charge in [-0.2, -0.15) is 0 Å². The zero-order chi connectivity index (χ0) is 12.1. The Morgan fingerprint density at radius 1 is 1.62 bits per heavy atom. The minimum absolute atomic E-state index is 0.454. The molecule has 88 valence electrons. The Balaban J connectivity index is 2.72. The van der Waals surface area contributed by atoms with Crippen LogP contribution in [0.2, 0.25) is 0 Å². The summed E-state index contributed by atoms with van der Waals surface area (Å²) >= 11 is 3.36. The summed E-state index contributed by atoms with van der Waals surface area (Å²) in [6, 6.07) is 5.04. The number of nitrogens with one attached hydrogen (secondary N) is 1. The van der Waals surface area contributed by atoms with E-state index in [2.05, 4.69) is 21.2 Å². The standard InChI is InChI=1S/C11H14BrNO3/c1-7(11(14)15)13-6-8-5-9(12)3-4-10(8)16-2/h3-5,7,13H,6H2,1-2H3,(H,14,15). The topological polar surface area (TPSA) is 58.6 Å². The molecule has 1 unspecified atom stereocenters. The van der Waals surface area contributed by atoms with E-state index in [1.807, 2.05) is 18.2 Å². The number of carboxylic acids is 1. The van der Waals surface area contributed by atoms with Crippen LogP contribution in [-0.2, 0) is 11.3 Å². The number of methoxy groups -OCH3 is 1. The van der Waals surface area contributed by atoms with Crippen LogP contribution in [0, 0.1) is 0 Å². The molecule has 4 nitrogen and oxygen atoms in total. The van der Waals surface area contributed by atoms with Gasteiger partial charge >= 0.3 is 5.97 Å². The molecule has 0 saturated heterocycles. The van der Waals surface area contributed by atoms with E-state index < -0.39 is 12.0 Å². The molecule has 16 heavy (non-hydrogen) atoms. The highest BCUT2D eigenvalue weighted by molar-refractivity contribution is 9.10. The predicted octanol–water partition coefficient (Wildman–Crippen LogP) is 2.02. The Morgan fingerprint density at radius 3 is 2.88 bits per heavy atom. The van der Waals surface area contributed by atoms with E-state index in [0.717, 1.165) is 15.8 Å². The van der Waals surface area contributed by atoms with Crippen LogP contribution in [0.4, 0.5) is 0 Å². The van der Waals surface area contributed by atoms with Crippen molar-refractivity contribution in [3.8, 4) is 5.75 Å². The highest BCUT2D eigenvalue weighted by Gasteiger charge is 2.11. The molecular formula is C11H14BrNO3. The maximum Gasteiger partial charge on any atom is 0.320 e. The van der Waals surface area contributed by atoms with E-state index in [4.69, 9.17) is 9.84 Å². The zero-order valence-corrected chi connectivity index (χ0v) is 10.7. The Bertz CT molecular complexity index is 381. The molecule has 5 heteroatoms. The molecule has 0 fully saturated rings. The van der Waals surface area contributed by atoms with Crippen molar-refractivity contribution in [2.24, 2.45) is 0 Å². The van der Waals surface area contributed by atoms with Gasteiger partial charge in [-0.15, -0.1) is 0 Å². The highest BCUT2D eigenvalue weighted by atomic mass is 79.9. The van der Waals surface area contributed by atoms with E-state index in [-0.39, 0.29) is 0 Å². The fraction of sp³-hybridized carbons (Fsp3) is 0.364. The lowest BCUT2D eigenvalue weighted by atomic mass is 10.2. The number of halogens is 1. The van der Waals surface area contributed by atoms with Gasteiger partial charge in [-0.25, -0.2) is 0 Å². The summed E-state index contributed by atoms with van der Waals surface area (Å²) in [5.74, 6) is -0.123. The van der Waals surface area contributed by atoms with Crippen LogP contribution in [0.1, 0.15) is 12.5 Å². The van der Waals surface area contributed by atoms with Gasteiger partial charge < -0.3 is 15.2 Å². The van der Waals surface area contributed by atoms with Crippen LogP contribution >= 0.6 is 15.9 Å². The van der Waals surface area contributed by atoms with Gasteiger partial charge in [0.2, 0.25) is 0 Å². The molecule has 0 aliphatic carbocycles. The largest absolute Gasteiger partial charge is 0.496 e. The lowest BCUT2D eigenvalue weighted by molar-refractivity contribution is -0.139. The van der Waals surface area contributed by atoms with Crippen LogP contribution in [0.5, 0.6) is 5.75 Å². The van der Waals surface area contributed by atoms with E-state index in [1.54, 1.807) is 14.0 Å². The molecular weight excluding hydrogens is 274 g/mol. The molecule has 1 aromatic rings. The third kappa shape index (κ3) is 3.50. The second-order valence-electron chi connectivity index (χ2n) is 3.40. The Morgan fingerprint density at radius 2 is 2.31 bits per heavy atom. The van der Waals surface area contributed by atoms with Gasteiger partial charge in [0, 0.05) is 16.6 Å². The van der Waals surface area contributed by atoms with Crippen molar-refractivity contribution in [1.82, 2.24) is 5.32 Å². The molecule has 0 spiro atoms. The van der Waals surface area contributed by atoms with Crippen molar-refractivity contribution >= 4 is 21.9 Å². The van der Waals surface area contributed by atoms with E-state index in [1.165, 1.54) is 0 Å². The fourth-order valence-corrected chi connectivity index (χ4v) is 1.64. The molecule has 0 aromatic heterocycles. The minimum Gasteiger partial charge on any atom is -0.496 e. The minimum atomic E-state index is -0.867. The number of carbonyl (C=O) groups is 1. The molecule has 1 rings (SSSR count). The summed E-state index contributed by atoms with van der Waals surface area (Å²) in [6.07, 6.45) is 0. The van der Waals surface area contributed by atoms with Crippen molar-refractivity contribution in [2.45, 2.75) is 19.5 Å². The van der Waals surface area contributed by atoms with Gasteiger partial charge in [0.15, 0.2) is 0 Å². The first kappa shape index (κ1) is 13.0. The molecule has 0 heterocycles. The van der Waals surface area contributed by atoms with Crippen molar-refractivity contribution in [2.75, 3.05) is 7.11 Å². The fourth-order valence-electron chi connectivity index (χ4n) is 1.24. The van der Waals surface area contributed by atoms with Crippen molar-refractivity contribution in [3.05, 3.63) is 28.2 Å². The molecule has 0 radical (unpaired) electrons. The van der Waals surface area contributed by atoms with Gasteiger partial charge in [-0.3, -0.25) is 4.79 Å². The summed E-state index contributed by atoms with van der Waals surface area (Å²) < 4.78 is 6.12. The van der Waals surface area contributed by atoms with Crippen LogP contribution in [0.3, 0.4) is 0 Å². The van der Waals surface area contributed by atoms with E-state index in [0.29, 0.717) is 6.54 Å². The monoisotopic (exact) mass is 287 g/mol. The molecule has 0 amide bonds. The normalized spacial score (nSPS) is 12.2. The van der Waals surface area contributed by atoms with Gasteiger partial charge in [-0.05, 0) is 25.1 Å². The molecule has 2 N–H and O–H groups in total. The lowest BCUT2D eigenvalue weighted by Crippen LogP contribution is -2.33. The number of aliphatic carboxylic acids is 1. The van der Waals surface area contributed by atoms with Gasteiger partial charge in [0.1, 0.15) is 11.8 Å². The lowest BCUT2D eigenvalue weighted by Gasteiger charge is -2.12. The number of hydrogen-bond donors (Lipinski definition) is 2. The maximum absolute atomic E-state index is 10.6. The average molecular weight is 288 g/mol. The van der Waals surface area contributed by atoms with Crippen LogP contribution in [0.15, 0.2) is 22.7 Å². The summed E-state index contributed by atoms with van der Waals surface area (Å²) in [5.41, 5.74) is 0.921. The molecule has 1 aromatic carbocycles. The first-order valence-electron chi connectivity index (χ1n) is 4.83. The zero-order valence-electron chi connectivity index (χ0n) is 9.16. The number of benzene rings is 1. The summed E-state index contributed by atoms with van der Waals surface area (Å²) in [5, 5.41) is 11.6. The predicted molar refractivity (Wildman–Crippen MR) is 64.6 cm³/mol. The van der Waals surface area contributed by atoms with Gasteiger partial charge in [0.25, 0.3) is 0 Å². The third-order valence-electron chi connectivity index (χ3n) is 2.21. The second kappa shape index (κ2) is 5.86. The third-order valence-corrected chi connectivity index (χ3v) is 2.70. The molecule has 0 bridgehead atoms. The average Bonchev–Trinajstić information content (AvgIpc) is 2.25. The SMILES string of the molecule is COc1ccc(Br)cc1CNC(C)C(=O)O. The first-order chi connectivity index (χ1) is 7.54. The number of ether oxygens (including phenoxy) is 1. The molecule has 0 aliphatic heterocycles. The summed E-state index contributed by atoms with van der Waals surface area (Å²) in [7, 11) is 1.59. The van der Waals surface area contributed by atoms with Gasteiger partial charge in [0.05, 0.1) is 7.11 Å². The second-order valence-corrected chi connectivity index (χ2v) is 4.31. The van der Waals surface area contributed by atoms with Crippen molar-refractivity contribution in [1.29, 1.82) is 0 Å². The Hall–Kier alpha value is -1.07. The van der Waals surface area contributed by atoms with Crippen LogP contribution in [-0.4, -0.2) is 24.2 Å². The van der Waals surface area contributed by atoms with Gasteiger partial charge in [-0.1, -0.05) is 15.9 Å². The first-order valence-corrected chi connectivity index (χ1v) is 5.62. The van der Waals surface area contributed by atoms with Crippen molar-refractivity contribution in [3.63, 3.8) is 0 Å². The number of rotatable bonds is 5. The number of carboxylic acid groups (broad SMARTS) is 1. The highest BCUT2D eigenvalue weighted by Crippen LogP contribution is 2.22. The molecule has 1 atom stereocenters.